The third kappa shape index (κ3) is 3.12. The van der Waals surface area contributed by atoms with E-state index in [2.05, 4.69) is 15.8 Å². The molecule has 0 saturated carbocycles. The summed E-state index contributed by atoms with van der Waals surface area (Å²) in [6.45, 7) is 6.36. The molecule has 0 saturated heterocycles. The average molecular weight is 394 g/mol. The number of hydrogen-bond acceptors (Lipinski definition) is 4. The number of hydrazine groups is 1. The molecular formula is C21H19FN4O3. The van der Waals surface area contributed by atoms with Crippen molar-refractivity contribution in [2.24, 2.45) is 0 Å². The Kier molecular flexibility index (Phi) is 4.54. The van der Waals surface area contributed by atoms with Gasteiger partial charge >= 0.3 is 5.91 Å². The highest BCUT2D eigenvalue weighted by Gasteiger charge is 2.20. The van der Waals surface area contributed by atoms with Crippen LogP contribution in [0.15, 0.2) is 40.8 Å². The molecule has 2 heterocycles. The second-order valence-corrected chi connectivity index (χ2v) is 6.69. The second kappa shape index (κ2) is 7.05. The standard InChI is InChI=1S/C21H19FN4O3/c1-4-26-12(3)23-16-10-13(8-9-17(16)26)20(27)24-25-21(28)18-11(2)14-6-5-7-15(22)19(14)29-18/h5-10H,4H2,1-3H3,(H,24,27)(H,25,28). The molecule has 2 amide bonds. The zero-order valence-corrected chi connectivity index (χ0v) is 16.2. The summed E-state index contributed by atoms with van der Waals surface area (Å²) < 4.78 is 21.3. The number of aryl methyl sites for hydroxylation is 3. The maximum atomic E-state index is 13.9. The van der Waals surface area contributed by atoms with E-state index in [-0.39, 0.29) is 11.3 Å². The maximum Gasteiger partial charge on any atom is 0.305 e. The number of carbonyl (C=O) groups excluding carboxylic acids is 2. The van der Waals surface area contributed by atoms with Gasteiger partial charge in [-0.05, 0) is 45.0 Å². The van der Waals surface area contributed by atoms with E-state index < -0.39 is 17.6 Å². The van der Waals surface area contributed by atoms with Crippen LogP contribution in [0.3, 0.4) is 0 Å². The van der Waals surface area contributed by atoms with Crippen LogP contribution >= 0.6 is 0 Å². The molecule has 0 aliphatic carbocycles. The van der Waals surface area contributed by atoms with Crippen molar-refractivity contribution >= 4 is 33.8 Å². The number of halogens is 1. The molecule has 4 rings (SSSR count). The van der Waals surface area contributed by atoms with Crippen LogP contribution in [0.1, 0.15) is 39.2 Å². The molecule has 0 bridgehead atoms. The van der Waals surface area contributed by atoms with Gasteiger partial charge in [-0.1, -0.05) is 12.1 Å². The summed E-state index contributed by atoms with van der Waals surface area (Å²) in [4.78, 5) is 29.3. The third-order valence-corrected chi connectivity index (χ3v) is 4.93. The molecule has 2 N–H and O–H groups in total. The van der Waals surface area contributed by atoms with Gasteiger partial charge < -0.3 is 8.98 Å². The smallest absolute Gasteiger partial charge is 0.305 e. The third-order valence-electron chi connectivity index (χ3n) is 4.93. The highest BCUT2D eigenvalue weighted by molar-refractivity contribution is 6.02. The quantitative estimate of drug-likeness (QED) is 0.519. The minimum atomic E-state index is -0.668. The molecular weight excluding hydrogens is 375 g/mol. The number of carbonyl (C=O) groups is 2. The predicted molar refractivity (Wildman–Crippen MR) is 106 cm³/mol. The largest absolute Gasteiger partial charge is 0.447 e. The minimum Gasteiger partial charge on any atom is -0.447 e. The molecule has 2 aromatic heterocycles. The number of furan rings is 1. The second-order valence-electron chi connectivity index (χ2n) is 6.69. The number of benzene rings is 2. The fourth-order valence-corrected chi connectivity index (χ4v) is 3.46. The van der Waals surface area contributed by atoms with Crippen molar-refractivity contribution in [2.45, 2.75) is 27.3 Å². The fourth-order valence-electron chi connectivity index (χ4n) is 3.46. The average Bonchev–Trinajstić information content (AvgIpc) is 3.22. The van der Waals surface area contributed by atoms with Gasteiger partial charge in [-0.2, -0.15) is 0 Å². The number of aromatic nitrogens is 2. The number of para-hydroxylation sites is 1. The number of nitrogens with one attached hydrogen (secondary N) is 2. The first-order valence-corrected chi connectivity index (χ1v) is 9.16. The number of nitrogens with zero attached hydrogens (tertiary/aromatic N) is 2. The maximum absolute atomic E-state index is 13.9. The van der Waals surface area contributed by atoms with Gasteiger partial charge in [0.25, 0.3) is 5.91 Å². The summed E-state index contributed by atoms with van der Waals surface area (Å²) in [6, 6.07) is 9.62. The van der Waals surface area contributed by atoms with Crippen molar-refractivity contribution in [3.63, 3.8) is 0 Å². The summed E-state index contributed by atoms with van der Waals surface area (Å²) in [5.74, 6) is -0.912. The Morgan fingerprint density at radius 3 is 2.62 bits per heavy atom. The van der Waals surface area contributed by atoms with E-state index in [4.69, 9.17) is 4.42 Å². The van der Waals surface area contributed by atoms with Crippen molar-refractivity contribution < 1.29 is 18.4 Å². The van der Waals surface area contributed by atoms with Gasteiger partial charge in [0.2, 0.25) is 0 Å². The monoisotopic (exact) mass is 394 g/mol. The normalized spacial score (nSPS) is 11.2. The molecule has 0 atom stereocenters. The molecule has 7 nitrogen and oxygen atoms in total. The lowest BCUT2D eigenvalue weighted by Crippen LogP contribution is -2.41. The first kappa shape index (κ1) is 18.7. The van der Waals surface area contributed by atoms with Gasteiger partial charge in [0.1, 0.15) is 5.82 Å². The summed E-state index contributed by atoms with van der Waals surface area (Å²) in [6.07, 6.45) is 0. The van der Waals surface area contributed by atoms with Crippen LogP contribution in [0.5, 0.6) is 0 Å². The van der Waals surface area contributed by atoms with E-state index in [1.54, 1.807) is 31.2 Å². The van der Waals surface area contributed by atoms with Crippen LogP contribution in [0.25, 0.3) is 22.0 Å². The Hall–Kier alpha value is -3.68. The van der Waals surface area contributed by atoms with Gasteiger partial charge in [-0.3, -0.25) is 20.4 Å². The van der Waals surface area contributed by atoms with Gasteiger partial charge in [-0.25, -0.2) is 9.37 Å². The Bertz CT molecular complexity index is 1270. The zero-order chi connectivity index (χ0) is 20.7. The highest BCUT2D eigenvalue weighted by atomic mass is 19.1. The number of hydrogen-bond donors (Lipinski definition) is 2. The molecule has 0 aliphatic heterocycles. The molecule has 4 aromatic rings. The SMILES string of the molecule is CCn1c(C)nc2cc(C(=O)NNC(=O)c3oc4c(F)cccc4c3C)ccc21. The van der Waals surface area contributed by atoms with E-state index in [0.29, 0.717) is 22.0 Å². The van der Waals surface area contributed by atoms with Gasteiger partial charge in [-0.15, -0.1) is 0 Å². The van der Waals surface area contributed by atoms with Crippen molar-refractivity contribution in [3.05, 3.63) is 64.9 Å². The molecule has 29 heavy (non-hydrogen) atoms. The lowest BCUT2D eigenvalue weighted by Gasteiger charge is -2.07. The first-order chi connectivity index (χ1) is 13.9. The highest BCUT2D eigenvalue weighted by Crippen LogP contribution is 2.27. The van der Waals surface area contributed by atoms with Crippen LogP contribution in [0.4, 0.5) is 4.39 Å². The molecule has 2 aromatic carbocycles. The molecule has 0 fully saturated rings. The Morgan fingerprint density at radius 1 is 1.14 bits per heavy atom. The van der Waals surface area contributed by atoms with E-state index in [0.717, 1.165) is 17.9 Å². The summed E-state index contributed by atoms with van der Waals surface area (Å²) in [5.41, 5.74) is 7.16. The first-order valence-electron chi connectivity index (χ1n) is 9.16. The van der Waals surface area contributed by atoms with E-state index in [1.165, 1.54) is 6.07 Å². The van der Waals surface area contributed by atoms with Crippen molar-refractivity contribution in [1.29, 1.82) is 0 Å². The Balaban J connectivity index is 1.52. The summed E-state index contributed by atoms with van der Waals surface area (Å²) in [5, 5.41) is 0.508. The topological polar surface area (TPSA) is 89.2 Å². The summed E-state index contributed by atoms with van der Waals surface area (Å²) >= 11 is 0. The molecule has 0 spiro atoms. The fraction of sp³-hybridized carbons (Fsp3) is 0.190. The van der Waals surface area contributed by atoms with Crippen LogP contribution in [0.2, 0.25) is 0 Å². The van der Waals surface area contributed by atoms with Gasteiger partial charge in [0.15, 0.2) is 17.2 Å². The predicted octanol–water partition coefficient (Wildman–Crippen LogP) is 3.63. The number of amides is 2. The van der Waals surface area contributed by atoms with E-state index in [1.807, 2.05) is 24.5 Å². The lowest BCUT2D eigenvalue weighted by atomic mass is 10.1. The minimum absolute atomic E-state index is 0.00816. The molecule has 148 valence electrons. The van der Waals surface area contributed by atoms with E-state index in [9.17, 15) is 14.0 Å². The van der Waals surface area contributed by atoms with Gasteiger partial charge in [0.05, 0.1) is 11.0 Å². The Morgan fingerprint density at radius 2 is 1.90 bits per heavy atom. The number of fused-ring (bicyclic) bond motifs is 2. The molecule has 0 aliphatic rings. The number of imidazole rings is 1. The molecule has 8 heteroatoms. The van der Waals surface area contributed by atoms with Crippen molar-refractivity contribution in [2.75, 3.05) is 0 Å². The lowest BCUT2D eigenvalue weighted by molar-refractivity contribution is 0.0831. The molecule has 0 unspecified atom stereocenters. The van der Waals surface area contributed by atoms with Crippen molar-refractivity contribution in [1.82, 2.24) is 20.4 Å². The summed E-state index contributed by atoms with van der Waals surface area (Å²) in [7, 11) is 0. The van der Waals surface area contributed by atoms with Crippen LogP contribution in [0, 0.1) is 19.7 Å². The van der Waals surface area contributed by atoms with E-state index >= 15 is 0 Å². The Labute approximate surface area is 165 Å². The molecule has 0 radical (unpaired) electrons. The van der Waals surface area contributed by atoms with Crippen LogP contribution in [-0.2, 0) is 6.54 Å². The van der Waals surface area contributed by atoms with Crippen LogP contribution in [-0.4, -0.2) is 21.4 Å². The van der Waals surface area contributed by atoms with Crippen molar-refractivity contribution in [3.8, 4) is 0 Å². The van der Waals surface area contributed by atoms with Gasteiger partial charge in [0, 0.05) is 23.1 Å². The van der Waals surface area contributed by atoms with Crippen LogP contribution < -0.4 is 10.9 Å². The zero-order valence-electron chi connectivity index (χ0n) is 16.2. The number of rotatable bonds is 3.